The Kier molecular flexibility index (Phi) is 16.7. The van der Waals surface area contributed by atoms with Crippen LogP contribution in [0.3, 0.4) is 0 Å². The zero-order chi connectivity index (χ0) is 18.8. The number of hydrogen-bond acceptors (Lipinski definition) is 3. The Morgan fingerprint density at radius 3 is 1.76 bits per heavy atom. The summed E-state index contributed by atoms with van der Waals surface area (Å²) in [6.45, 7) is 4.28. The SMILES string of the molecule is CCC=CCCCCCCCC(=O)C(C=O)C(=O)CCCCCCC. The molecule has 0 aliphatic rings. The smallest absolute Gasteiger partial charge is 0.150 e. The van der Waals surface area contributed by atoms with Crippen LogP contribution in [-0.2, 0) is 14.4 Å². The Balaban J connectivity index is 3.80. The van der Waals surface area contributed by atoms with E-state index in [-0.39, 0.29) is 11.6 Å². The lowest BCUT2D eigenvalue weighted by Crippen LogP contribution is -2.25. The maximum atomic E-state index is 12.1. The number of allylic oxidation sites excluding steroid dienone is 2. The summed E-state index contributed by atoms with van der Waals surface area (Å²) >= 11 is 0. The Hall–Kier alpha value is -1.25. The summed E-state index contributed by atoms with van der Waals surface area (Å²) in [6.07, 6.45) is 18.5. The lowest BCUT2D eigenvalue weighted by atomic mass is 9.93. The zero-order valence-corrected chi connectivity index (χ0v) is 16.4. The Labute approximate surface area is 154 Å². The Morgan fingerprint density at radius 2 is 1.24 bits per heavy atom. The van der Waals surface area contributed by atoms with Gasteiger partial charge in [0.25, 0.3) is 0 Å². The second kappa shape index (κ2) is 17.6. The van der Waals surface area contributed by atoms with Crippen molar-refractivity contribution in [3.8, 4) is 0 Å². The molecule has 0 amide bonds. The van der Waals surface area contributed by atoms with Crippen molar-refractivity contribution in [3.05, 3.63) is 12.2 Å². The molecule has 0 bridgehead atoms. The number of carbonyl (C=O) groups is 3. The first-order chi connectivity index (χ1) is 12.2. The maximum absolute atomic E-state index is 12.1. The minimum Gasteiger partial charge on any atom is -0.302 e. The molecular weight excluding hydrogens is 312 g/mol. The van der Waals surface area contributed by atoms with Gasteiger partial charge >= 0.3 is 0 Å². The molecule has 25 heavy (non-hydrogen) atoms. The highest BCUT2D eigenvalue weighted by Crippen LogP contribution is 2.13. The van der Waals surface area contributed by atoms with Gasteiger partial charge in [-0.3, -0.25) is 9.59 Å². The van der Waals surface area contributed by atoms with Crippen molar-refractivity contribution in [3.63, 3.8) is 0 Å². The molecule has 0 spiro atoms. The van der Waals surface area contributed by atoms with Gasteiger partial charge in [0.2, 0.25) is 0 Å². The van der Waals surface area contributed by atoms with Gasteiger partial charge < -0.3 is 4.79 Å². The van der Waals surface area contributed by atoms with Gasteiger partial charge in [0.15, 0.2) is 0 Å². The summed E-state index contributed by atoms with van der Waals surface area (Å²) in [4.78, 5) is 35.3. The third-order valence-corrected chi connectivity index (χ3v) is 4.55. The molecule has 144 valence electrons. The second-order valence-corrected chi connectivity index (χ2v) is 6.90. The van der Waals surface area contributed by atoms with Gasteiger partial charge in [-0.05, 0) is 32.1 Å². The highest BCUT2D eigenvalue weighted by atomic mass is 16.2. The van der Waals surface area contributed by atoms with E-state index in [0.29, 0.717) is 19.1 Å². The molecule has 0 heterocycles. The molecule has 0 aromatic rings. The van der Waals surface area contributed by atoms with Gasteiger partial charge in [0.1, 0.15) is 23.8 Å². The molecule has 1 atom stereocenters. The molecule has 0 aromatic heterocycles. The lowest BCUT2D eigenvalue weighted by Gasteiger charge is -2.08. The van der Waals surface area contributed by atoms with E-state index >= 15 is 0 Å². The fourth-order valence-corrected chi connectivity index (χ4v) is 2.92. The van der Waals surface area contributed by atoms with Crippen LogP contribution < -0.4 is 0 Å². The summed E-state index contributed by atoms with van der Waals surface area (Å²) < 4.78 is 0. The van der Waals surface area contributed by atoms with Crippen LogP contribution >= 0.6 is 0 Å². The van der Waals surface area contributed by atoms with Crippen molar-refractivity contribution in [2.75, 3.05) is 0 Å². The van der Waals surface area contributed by atoms with Crippen LogP contribution in [-0.4, -0.2) is 17.9 Å². The molecule has 0 rings (SSSR count). The average Bonchev–Trinajstić information content (AvgIpc) is 2.60. The maximum Gasteiger partial charge on any atom is 0.150 e. The standard InChI is InChI=1S/C22H38O3/c1-3-5-7-9-10-11-12-14-16-18-22(25)20(19-23)21(24)17-15-13-8-6-4-2/h5,7,19-20H,3-4,6,8-18H2,1-2H3. The van der Waals surface area contributed by atoms with E-state index < -0.39 is 5.92 Å². The first kappa shape index (κ1) is 23.8. The molecule has 1 unspecified atom stereocenters. The number of unbranched alkanes of at least 4 members (excludes halogenated alkanes) is 9. The van der Waals surface area contributed by atoms with Crippen LogP contribution in [0.1, 0.15) is 104 Å². The molecule has 0 saturated heterocycles. The number of rotatable bonds is 18. The number of ketones is 2. The van der Waals surface area contributed by atoms with Crippen LogP contribution in [0.4, 0.5) is 0 Å². The largest absolute Gasteiger partial charge is 0.302 e. The van der Waals surface area contributed by atoms with Crippen LogP contribution in [0.2, 0.25) is 0 Å². The lowest BCUT2D eigenvalue weighted by molar-refractivity contribution is -0.136. The number of aldehydes is 1. The Bertz CT molecular complexity index is 385. The first-order valence-corrected chi connectivity index (χ1v) is 10.3. The van der Waals surface area contributed by atoms with Crippen LogP contribution in [0.5, 0.6) is 0 Å². The van der Waals surface area contributed by atoms with E-state index in [1.165, 1.54) is 25.7 Å². The summed E-state index contributed by atoms with van der Waals surface area (Å²) in [5, 5.41) is 0. The van der Waals surface area contributed by atoms with E-state index in [0.717, 1.165) is 51.4 Å². The molecule has 3 nitrogen and oxygen atoms in total. The van der Waals surface area contributed by atoms with Gasteiger partial charge in [0, 0.05) is 12.8 Å². The molecule has 0 radical (unpaired) electrons. The molecule has 0 N–H and O–H groups in total. The first-order valence-electron chi connectivity index (χ1n) is 10.3. The van der Waals surface area contributed by atoms with Crippen molar-refractivity contribution in [1.29, 1.82) is 0 Å². The molecule has 0 fully saturated rings. The summed E-state index contributed by atoms with van der Waals surface area (Å²) in [7, 11) is 0. The predicted octanol–water partition coefficient (Wildman–Crippen LogP) is 6.00. The van der Waals surface area contributed by atoms with E-state index in [1.54, 1.807) is 0 Å². The van der Waals surface area contributed by atoms with Crippen LogP contribution in [0.25, 0.3) is 0 Å². The van der Waals surface area contributed by atoms with Gasteiger partial charge in [-0.2, -0.15) is 0 Å². The highest BCUT2D eigenvalue weighted by molar-refractivity contribution is 6.13. The van der Waals surface area contributed by atoms with Gasteiger partial charge in [-0.1, -0.05) is 70.9 Å². The molecule has 0 aromatic carbocycles. The molecule has 0 aliphatic carbocycles. The molecule has 0 aliphatic heterocycles. The van der Waals surface area contributed by atoms with E-state index in [4.69, 9.17) is 0 Å². The minimum absolute atomic E-state index is 0.181. The normalized spacial score (nSPS) is 12.4. The van der Waals surface area contributed by atoms with E-state index in [1.807, 2.05) is 0 Å². The summed E-state index contributed by atoms with van der Waals surface area (Å²) in [6, 6.07) is 0. The average molecular weight is 351 g/mol. The van der Waals surface area contributed by atoms with Gasteiger partial charge in [0.05, 0.1) is 0 Å². The van der Waals surface area contributed by atoms with Crippen LogP contribution in [0, 0.1) is 5.92 Å². The van der Waals surface area contributed by atoms with Gasteiger partial charge in [-0.15, -0.1) is 0 Å². The third-order valence-electron chi connectivity index (χ3n) is 4.55. The quantitative estimate of drug-likeness (QED) is 0.132. The minimum atomic E-state index is -1.01. The molecule has 3 heteroatoms. The predicted molar refractivity (Wildman–Crippen MR) is 105 cm³/mol. The third kappa shape index (κ3) is 13.7. The van der Waals surface area contributed by atoms with Gasteiger partial charge in [-0.25, -0.2) is 0 Å². The molecular formula is C22H38O3. The van der Waals surface area contributed by atoms with E-state index in [2.05, 4.69) is 26.0 Å². The van der Waals surface area contributed by atoms with Crippen molar-refractivity contribution >= 4 is 17.9 Å². The summed E-state index contributed by atoms with van der Waals surface area (Å²) in [5.41, 5.74) is 0. The number of Topliss-reactive ketones (excluding diaryl/α,β-unsaturated/α-hetero) is 2. The van der Waals surface area contributed by atoms with Crippen molar-refractivity contribution in [2.45, 2.75) is 104 Å². The second-order valence-electron chi connectivity index (χ2n) is 6.90. The molecule has 0 saturated carbocycles. The fraction of sp³-hybridized carbons (Fsp3) is 0.773. The Morgan fingerprint density at radius 1 is 0.720 bits per heavy atom. The number of hydrogen-bond donors (Lipinski definition) is 0. The fourth-order valence-electron chi connectivity index (χ4n) is 2.92. The van der Waals surface area contributed by atoms with Crippen molar-refractivity contribution in [2.24, 2.45) is 5.92 Å². The zero-order valence-electron chi connectivity index (χ0n) is 16.4. The number of carbonyl (C=O) groups excluding carboxylic acids is 3. The van der Waals surface area contributed by atoms with Crippen molar-refractivity contribution in [1.82, 2.24) is 0 Å². The topological polar surface area (TPSA) is 51.2 Å². The van der Waals surface area contributed by atoms with E-state index in [9.17, 15) is 14.4 Å². The monoisotopic (exact) mass is 350 g/mol. The van der Waals surface area contributed by atoms with Crippen molar-refractivity contribution < 1.29 is 14.4 Å². The summed E-state index contributed by atoms with van der Waals surface area (Å²) in [5.74, 6) is -1.37. The van der Waals surface area contributed by atoms with Crippen LogP contribution in [0.15, 0.2) is 12.2 Å². The highest BCUT2D eigenvalue weighted by Gasteiger charge is 2.24.